The minimum Gasteiger partial charge on any atom is -0.496 e. The highest BCUT2D eigenvalue weighted by atomic mass is 16.5. The quantitative estimate of drug-likeness (QED) is 0.0365. The molecule has 0 atom stereocenters. The largest absolute Gasteiger partial charge is 0.496 e. The second-order valence-corrected chi connectivity index (χ2v) is 13.1. The van der Waals surface area contributed by atoms with E-state index in [1.807, 2.05) is 36.4 Å². The van der Waals surface area contributed by atoms with Crippen LogP contribution in [-0.2, 0) is 20.8 Å². The number of ether oxygens (including phenoxy) is 4. The van der Waals surface area contributed by atoms with Gasteiger partial charge in [-0.25, -0.2) is 4.79 Å². The monoisotopic (exact) mass is 746 g/mol. The average molecular weight is 747 g/mol. The van der Waals surface area contributed by atoms with Gasteiger partial charge in [-0.15, -0.1) is 0 Å². The molecule has 0 aromatic heterocycles. The van der Waals surface area contributed by atoms with Gasteiger partial charge in [0.15, 0.2) is 12.4 Å². The smallest absolute Gasteiger partial charge is 0.338 e. The fourth-order valence-corrected chi connectivity index (χ4v) is 5.76. The molecule has 290 valence electrons. The fraction of sp³-hybridized carbons (Fsp3) is 0.326. The van der Waals surface area contributed by atoms with Gasteiger partial charge < -0.3 is 29.2 Å². The molecular weight excluding hydrogens is 693 g/mol. The Labute approximate surface area is 326 Å². The van der Waals surface area contributed by atoms with Crippen LogP contribution in [0.4, 0.5) is 5.69 Å². The molecule has 4 aromatic rings. The van der Waals surface area contributed by atoms with Crippen LogP contribution in [0, 0.1) is 0 Å². The third-order valence-corrected chi connectivity index (χ3v) is 8.98. The highest BCUT2D eigenvalue weighted by Gasteiger charge is 2.12. The number of unbranched alkanes of at least 4 members (excludes halogenated alkanes) is 2. The number of ketones is 1. The van der Waals surface area contributed by atoms with Crippen molar-refractivity contribution >= 4 is 47.7 Å². The number of nitrogens with one attached hydrogen (secondary N) is 1. The molecule has 55 heavy (non-hydrogen) atoms. The Balaban J connectivity index is 1.27. The van der Waals surface area contributed by atoms with Crippen molar-refractivity contribution in [3.05, 3.63) is 124 Å². The van der Waals surface area contributed by atoms with E-state index in [9.17, 15) is 14.4 Å². The van der Waals surface area contributed by atoms with E-state index >= 15 is 0 Å². The molecule has 0 saturated heterocycles. The summed E-state index contributed by atoms with van der Waals surface area (Å²) in [6.45, 7) is 8.83. The SMILES string of the molecule is CCCCN(CCCC)c1ccc(C=Cc2cc(OC)c(C=Cc3ccc(CNCCOC(=O)c4ccc(C(=O)COC(C)=O)cc4)cc3)cc2OC)cc1. The summed E-state index contributed by atoms with van der Waals surface area (Å²) in [6, 6.07) is 27.0. The van der Waals surface area contributed by atoms with E-state index in [1.165, 1.54) is 62.6 Å². The average Bonchev–Trinajstić information content (AvgIpc) is 3.21. The maximum Gasteiger partial charge on any atom is 0.338 e. The summed E-state index contributed by atoms with van der Waals surface area (Å²) in [5, 5.41) is 3.29. The normalized spacial score (nSPS) is 11.1. The van der Waals surface area contributed by atoms with Crippen molar-refractivity contribution < 1.29 is 33.3 Å². The summed E-state index contributed by atoms with van der Waals surface area (Å²) in [5.41, 5.74) is 7.04. The maximum absolute atomic E-state index is 12.4. The van der Waals surface area contributed by atoms with Crippen LogP contribution in [0.3, 0.4) is 0 Å². The summed E-state index contributed by atoms with van der Waals surface area (Å²) in [4.78, 5) is 37.8. The number of methoxy groups -OCH3 is 2. The first kappa shape index (κ1) is 42.1. The molecule has 4 aromatic carbocycles. The summed E-state index contributed by atoms with van der Waals surface area (Å²) in [5.74, 6) is 0.154. The van der Waals surface area contributed by atoms with E-state index in [0.717, 1.165) is 52.4 Å². The number of benzene rings is 4. The van der Waals surface area contributed by atoms with Crippen LogP contribution in [0.5, 0.6) is 11.5 Å². The molecule has 0 fully saturated rings. The Kier molecular flexibility index (Phi) is 17.2. The number of hydrogen-bond acceptors (Lipinski definition) is 9. The van der Waals surface area contributed by atoms with Crippen LogP contribution < -0.4 is 19.7 Å². The predicted molar refractivity (Wildman–Crippen MR) is 222 cm³/mol. The summed E-state index contributed by atoms with van der Waals surface area (Å²) >= 11 is 0. The lowest BCUT2D eigenvalue weighted by Crippen LogP contribution is -2.25. The van der Waals surface area contributed by atoms with Crippen LogP contribution in [0.2, 0.25) is 0 Å². The number of carbonyl (C=O) groups excluding carboxylic acids is 3. The van der Waals surface area contributed by atoms with Gasteiger partial charge in [0.2, 0.25) is 0 Å². The number of hydrogen-bond donors (Lipinski definition) is 1. The highest BCUT2D eigenvalue weighted by molar-refractivity contribution is 5.99. The van der Waals surface area contributed by atoms with Crippen molar-refractivity contribution in [1.29, 1.82) is 0 Å². The molecule has 0 bridgehead atoms. The summed E-state index contributed by atoms with van der Waals surface area (Å²) in [7, 11) is 3.36. The molecule has 0 saturated carbocycles. The van der Waals surface area contributed by atoms with Crippen molar-refractivity contribution in [2.45, 2.75) is 53.0 Å². The number of carbonyl (C=O) groups is 3. The number of nitrogens with zero attached hydrogens (tertiary/aromatic N) is 1. The Morgan fingerprint density at radius 3 is 1.71 bits per heavy atom. The fourth-order valence-electron chi connectivity index (χ4n) is 5.76. The number of anilines is 1. The predicted octanol–water partition coefficient (Wildman–Crippen LogP) is 9.14. The van der Waals surface area contributed by atoms with Crippen LogP contribution in [0.25, 0.3) is 24.3 Å². The van der Waals surface area contributed by atoms with Gasteiger partial charge in [-0.1, -0.05) is 99.5 Å². The zero-order chi connectivity index (χ0) is 39.4. The van der Waals surface area contributed by atoms with Gasteiger partial charge in [-0.2, -0.15) is 0 Å². The number of Topliss-reactive ketones (excluding diaryl/α,β-unsaturated/α-hetero) is 1. The maximum atomic E-state index is 12.4. The van der Waals surface area contributed by atoms with E-state index in [1.54, 1.807) is 14.2 Å². The minimum atomic E-state index is -0.527. The molecule has 9 nitrogen and oxygen atoms in total. The van der Waals surface area contributed by atoms with E-state index in [0.29, 0.717) is 24.2 Å². The number of rotatable bonds is 22. The van der Waals surface area contributed by atoms with E-state index < -0.39 is 11.9 Å². The Bertz CT molecular complexity index is 1870. The van der Waals surface area contributed by atoms with Gasteiger partial charge in [0.25, 0.3) is 0 Å². The molecule has 0 amide bonds. The molecule has 4 rings (SSSR count). The molecule has 0 aliphatic heterocycles. The van der Waals surface area contributed by atoms with Gasteiger partial charge in [0.05, 0.1) is 19.8 Å². The van der Waals surface area contributed by atoms with Crippen molar-refractivity contribution in [1.82, 2.24) is 5.32 Å². The van der Waals surface area contributed by atoms with Gasteiger partial charge in [0.1, 0.15) is 18.1 Å². The molecule has 1 N–H and O–H groups in total. The first-order valence-electron chi connectivity index (χ1n) is 18.9. The van der Waals surface area contributed by atoms with Crippen molar-refractivity contribution in [2.24, 2.45) is 0 Å². The van der Waals surface area contributed by atoms with E-state index in [2.05, 4.69) is 72.6 Å². The zero-order valence-electron chi connectivity index (χ0n) is 32.8. The molecular formula is C46H54N2O7. The lowest BCUT2D eigenvalue weighted by molar-refractivity contribution is -0.139. The van der Waals surface area contributed by atoms with Crippen molar-refractivity contribution in [3.8, 4) is 11.5 Å². The minimum absolute atomic E-state index is 0.191. The lowest BCUT2D eigenvalue weighted by atomic mass is 10.0. The van der Waals surface area contributed by atoms with Crippen molar-refractivity contribution in [3.63, 3.8) is 0 Å². The van der Waals surface area contributed by atoms with Crippen LogP contribution in [0.15, 0.2) is 84.9 Å². The number of esters is 2. The van der Waals surface area contributed by atoms with E-state index in [4.69, 9.17) is 18.9 Å². The molecule has 0 spiro atoms. The summed E-state index contributed by atoms with van der Waals surface area (Å²) in [6.07, 6.45) is 13.0. The first-order valence-corrected chi connectivity index (χ1v) is 18.9. The topological polar surface area (TPSA) is 103 Å². The lowest BCUT2D eigenvalue weighted by Gasteiger charge is -2.24. The van der Waals surface area contributed by atoms with Crippen molar-refractivity contribution in [2.75, 3.05) is 52.0 Å². The van der Waals surface area contributed by atoms with Crippen LogP contribution in [0.1, 0.15) is 95.0 Å². The van der Waals surface area contributed by atoms with Crippen LogP contribution in [-0.4, -0.2) is 64.8 Å². The van der Waals surface area contributed by atoms with Gasteiger partial charge in [-0.3, -0.25) is 9.59 Å². The molecule has 0 radical (unpaired) electrons. The molecule has 0 aliphatic rings. The van der Waals surface area contributed by atoms with E-state index in [-0.39, 0.29) is 19.0 Å². The van der Waals surface area contributed by atoms with Crippen LogP contribution >= 0.6 is 0 Å². The van der Waals surface area contributed by atoms with Gasteiger partial charge in [0, 0.05) is 55.5 Å². The molecule has 0 heterocycles. The molecule has 9 heteroatoms. The Morgan fingerprint density at radius 1 is 0.673 bits per heavy atom. The first-order chi connectivity index (χ1) is 26.7. The second kappa shape index (κ2) is 22.5. The third kappa shape index (κ3) is 13.6. The molecule has 0 unspecified atom stereocenters. The zero-order valence-corrected chi connectivity index (χ0v) is 32.8. The standard InChI is InChI=1S/C46H54N2O7/c1-6-8-27-48(28-9-7-2)42-24-16-36(17-25-42)15-19-41-31-44(52-4)40(30-45(41)53-5)18-14-35-10-12-37(13-11-35)32-47-26-29-54-46(51)39-22-20-38(21-23-39)43(50)33-55-34(3)49/h10-25,30-31,47H,6-9,26-29,32-33H2,1-5H3. The summed E-state index contributed by atoms with van der Waals surface area (Å²) < 4.78 is 21.6. The highest BCUT2D eigenvalue weighted by Crippen LogP contribution is 2.32. The second-order valence-electron chi connectivity index (χ2n) is 13.1. The third-order valence-electron chi connectivity index (χ3n) is 8.98. The Hall–Kier alpha value is -5.67. The van der Waals surface area contributed by atoms with Gasteiger partial charge in [-0.05, 0) is 65.9 Å². The molecule has 0 aliphatic carbocycles. The Morgan fingerprint density at radius 2 is 1.20 bits per heavy atom. The van der Waals surface area contributed by atoms with Gasteiger partial charge >= 0.3 is 11.9 Å².